The number of nitrogens with zero attached hydrogens (tertiary/aromatic N) is 4. The summed E-state index contributed by atoms with van der Waals surface area (Å²) in [4.78, 5) is 19.0. The summed E-state index contributed by atoms with van der Waals surface area (Å²) in [5, 5.41) is 3.73. The Balaban J connectivity index is 1.68. The van der Waals surface area contributed by atoms with Gasteiger partial charge in [0, 0.05) is 18.0 Å². The Bertz CT molecular complexity index is 1100. The van der Waals surface area contributed by atoms with Crippen molar-refractivity contribution in [2.75, 3.05) is 26.7 Å². The van der Waals surface area contributed by atoms with Gasteiger partial charge in [-0.05, 0) is 56.8 Å². The van der Waals surface area contributed by atoms with Crippen molar-refractivity contribution in [3.05, 3.63) is 53.6 Å². The molecule has 3 aromatic rings. The number of benzene rings is 1. The van der Waals surface area contributed by atoms with Crippen LogP contribution in [0.3, 0.4) is 0 Å². The molecule has 2 aromatic heterocycles. The summed E-state index contributed by atoms with van der Waals surface area (Å²) in [6.07, 6.45) is -1.80. The maximum absolute atomic E-state index is 13.6. The monoisotopic (exact) mass is 436 g/mol. The third-order valence-corrected chi connectivity index (χ3v) is 5.29. The van der Waals surface area contributed by atoms with Gasteiger partial charge in [0.2, 0.25) is 0 Å². The number of aromatic nitrogens is 3. The molecule has 3 heterocycles. The van der Waals surface area contributed by atoms with E-state index in [2.05, 4.69) is 15.0 Å². The molecule has 0 spiro atoms. The second-order valence-electron chi connectivity index (χ2n) is 7.69. The Morgan fingerprint density at radius 1 is 1.26 bits per heavy atom. The van der Waals surface area contributed by atoms with Crippen molar-refractivity contribution in [1.82, 2.24) is 19.5 Å². The van der Waals surface area contributed by atoms with Gasteiger partial charge < -0.3 is 9.64 Å². The molecule has 1 saturated heterocycles. The average molecular weight is 436 g/mol. The van der Waals surface area contributed by atoms with E-state index < -0.39 is 23.7 Å². The van der Waals surface area contributed by atoms with Gasteiger partial charge in [0.1, 0.15) is 11.4 Å². The molecule has 6 nitrogen and oxygen atoms in total. The van der Waals surface area contributed by atoms with Crippen LogP contribution in [-0.2, 0) is 10.9 Å². The minimum atomic E-state index is -4.74. The molecule has 1 aliphatic rings. The first-order valence-corrected chi connectivity index (χ1v) is 9.80. The third-order valence-electron chi connectivity index (χ3n) is 5.29. The molecule has 1 atom stereocenters. The number of ether oxygens (including phenoxy) is 1. The third kappa shape index (κ3) is 4.53. The summed E-state index contributed by atoms with van der Waals surface area (Å²) < 4.78 is 60.1. The van der Waals surface area contributed by atoms with Crippen LogP contribution in [0.25, 0.3) is 16.9 Å². The summed E-state index contributed by atoms with van der Waals surface area (Å²) in [6.45, 7) is 1.94. The normalized spacial score (nSPS) is 17.8. The Kier molecular flexibility index (Phi) is 5.65. The Morgan fingerprint density at radius 2 is 2.00 bits per heavy atom. The molecule has 1 aliphatic heterocycles. The van der Waals surface area contributed by atoms with Crippen molar-refractivity contribution in [2.24, 2.45) is 5.92 Å². The van der Waals surface area contributed by atoms with Crippen LogP contribution in [0.15, 0.2) is 36.5 Å². The smallest absolute Gasteiger partial charge is 0.433 e. The summed E-state index contributed by atoms with van der Waals surface area (Å²) in [7, 11) is 1.98. The molecule has 0 bridgehead atoms. The zero-order valence-electron chi connectivity index (χ0n) is 16.7. The topological polar surface area (TPSA) is 59.7 Å². The van der Waals surface area contributed by atoms with Crippen LogP contribution in [0.5, 0.6) is 0 Å². The van der Waals surface area contributed by atoms with Gasteiger partial charge >= 0.3 is 12.1 Å². The molecule has 1 aromatic carbocycles. The average Bonchev–Trinajstić information content (AvgIpc) is 3.15. The molecule has 0 aliphatic carbocycles. The van der Waals surface area contributed by atoms with Crippen LogP contribution in [0.4, 0.5) is 17.6 Å². The highest BCUT2D eigenvalue weighted by molar-refractivity contribution is 5.96. The fourth-order valence-corrected chi connectivity index (χ4v) is 3.76. The van der Waals surface area contributed by atoms with Crippen LogP contribution in [0, 0.1) is 11.7 Å². The van der Waals surface area contributed by atoms with E-state index in [1.807, 2.05) is 7.05 Å². The lowest BCUT2D eigenvalue weighted by molar-refractivity contribution is -0.142. The highest BCUT2D eigenvalue weighted by Crippen LogP contribution is 2.33. The summed E-state index contributed by atoms with van der Waals surface area (Å²) in [5.74, 6) is -1.14. The number of likely N-dealkylation sites (tertiary alicyclic amines) is 1. The molecule has 0 saturated carbocycles. The first-order chi connectivity index (χ1) is 14.7. The van der Waals surface area contributed by atoms with E-state index >= 15 is 0 Å². The number of hydrogen-bond donors (Lipinski definition) is 0. The van der Waals surface area contributed by atoms with Crippen LogP contribution >= 0.6 is 0 Å². The van der Waals surface area contributed by atoms with Crippen LogP contribution in [0.1, 0.15) is 28.9 Å². The van der Waals surface area contributed by atoms with E-state index in [1.165, 1.54) is 12.1 Å². The number of carbonyl (C=O) groups excluding carboxylic acids is 1. The Labute approximate surface area is 175 Å². The maximum atomic E-state index is 13.6. The number of rotatable bonds is 4. The maximum Gasteiger partial charge on any atom is 0.433 e. The molecule has 164 valence electrons. The van der Waals surface area contributed by atoms with Gasteiger partial charge in [-0.1, -0.05) is 0 Å². The first-order valence-electron chi connectivity index (χ1n) is 9.80. The largest absolute Gasteiger partial charge is 0.462 e. The van der Waals surface area contributed by atoms with Gasteiger partial charge in [-0.15, -0.1) is 0 Å². The van der Waals surface area contributed by atoms with Gasteiger partial charge in [-0.3, -0.25) is 0 Å². The molecule has 4 rings (SSSR count). The van der Waals surface area contributed by atoms with Crippen LogP contribution < -0.4 is 0 Å². The summed E-state index contributed by atoms with van der Waals surface area (Å²) in [6, 6.07) is 5.72. The van der Waals surface area contributed by atoms with E-state index in [4.69, 9.17) is 4.74 Å². The summed E-state index contributed by atoms with van der Waals surface area (Å²) >= 11 is 0. The van der Waals surface area contributed by atoms with Gasteiger partial charge in [-0.2, -0.15) is 18.3 Å². The number of esters is 1. The first kappa shape index (κ1) is 21.2. The second kappa shape index (κ2) is 8.26. The molecule has 0 unspecified atom stereocenters. The van der Waals surface area contributed by atoms with E-state index in [0.29, 0.717) is 4.52 Å². The van der Waals surface area contributed by atoms with Crippen molar-refractivity contribution >= 4 is 11.6 Å². The number of hydrogen-bond acceptors (Lipinski definition) is 5. The fourth-order valence-electron chi connectivity index (χ4n) is 3.76. The lowest BCUT2D eigenvalue weighted by Crippen LogP contribution is -2.34. The van der Waals surface area contributed by atoms with Crippen molar-refractivity contribution in [1.29, 1.82) is 0 Å². The van der Waals surface area contributed by atoms with Crippen molar-refractivity contribution in [2.45, 2.75) is 19.0 Å². The lowest BCUT2D eigenvalue weighted by Gasteiger charge is -2.29. The van der Waals surface area contributed by atoms with E-state index in [0.717, 1.165) is 50.3 Å². The number of fused-ring (bicyclic) bond motifs is 1. The van der Waals surface area contributed by atoms with Gasteiger partial charge in [-0.25, -0.2) is 18.7 Å². The summed E-state index contributed by atoms with van der Waals surface area (Å²) in [5.41, 5.74) is -1.29. The van der Waals surface area contributed by atoms with Crippen molar-refractivity contribution < 1.29 is 27.1 Å². The van der Waals surface area contributed by atoms with Crippen LogP contribution in [-0.4, -0.2) is 52.2 Å². The van der Waals surface area contributed by atoms with Crippen molar-refractivity contribution in [3.8, 4) is 11.3 Å². The predicted octanol–water partition coefficient (Wildman–Crippen LogP) is 4.05. The SMILES string of the molecule is CN1CCC[C@@H](COC(=O)c2cnn3c(C(F)(F)F)cc(-c4ccc(F)cc4)nc23)C1. The quantitative estimate of drug-likeness (QED) is 0.456. The van der Waals surface area contributed by atoms with E-state index in [1.54, 1.807) is 0 Å². The molecule has 1 fully saturated rings. The molecular formula is C21H20F4N4O2. The minimum Gasteiger partial charge on any atom is -0.462 e. The Morgan fingerprint density at radius 3 is 2.68 bits per heavy atom. The molecule has 31 heavy (non-hydrogen) atoms. The number of alkyl halides is 3. The highest BCUT2D eigenvalue weighted by Gasteiger charge is 2.36. The van der Waals surface area contributed by atoms with Crippen molar-refractivity contribution in [3.63, 3.8) is 0 Å². The Hall–Kier alpha value is -3.01. The predicted molar refractivity (Wildman–Crippen MR) is 104 cm³/mol. The molecular weight excluding hydrogens is 416 g/mol. The molecule has 0 radical (unpaired) electrons. The number of carbonyl (C=O) groups is 1. The standard InChI is InChI=1S/C21H20F4N4O2/c1-28-8-2-3-13(11-28)12-31-20(30)16-10-26-29-18(21(23,24)25)9-17(27-19(16)29)14-4-6-15(22)7-5-14/h4-7,9-10,13H,2-3,8,11-12H2,1H3/t13-/m1/s1. The fraction of sp³-hybridized carbons (Fsp3) is 0.381. The number of halogens is 4. The molecule has 0 amide bonds. The lowest BCUT2D eigenvalue weighted by atomic mass is 10.00. The van der Waals surface area contributed by atoms with Gasteiger partial charge in [0.05, 0.1) is 18.5 Å². The molecule has 0 N–H and O–H groups in total. The van der Waals surface area contributed by atoms with Gasteiger partial charge in [0.15, 0.2) is 11.3 Å². The van der Waals surface area contributed by atoms with E-state index in [9.17, 15) is 22.4 Å². The minimum absolute atomic E-state index is 0.0525. The second-order valence-corrected chi connectivity index (χ2v) is 7.69. The van der Waals surface area contributed by atoms with Gasteiger partial charge in [0.25, 0.3) is 0 Å². The molecule has 10 heteroatoms. The van der Waals surface area contributed by atoms with Crippen LogP contribution in [0.2, 0.25) is 0 Å². The zero-order valence-corrected chi connectivity index (χ0v) is 16.7. The highest BCUT2D eigenvalue weighted by atomic mass is 19.4. The number of piperidine rings is 1. The zero-order chi connectivity index (χ0) is 22.2. The van der Waals surface area contributed by atoms with E-state index in [-0.39, 0.29) is 35.0 Å².